The fourth-order valence-electron chi connectivity index (χ4n) is 3.83. The number of fused-ring (bicyclic) bond motifs is 1. The fourth-order valence-corrected chi connectivity index (χ4v) is 3.97. The van der Waals surface area contributed by atoms with Crippen LogP contribution >= 0.6 is 11.6 Å². The van der Waals surface area contributed by atoms with Crippen LogP contribution in [0.15, 0.2) is 29.2 Å². The van der Waals surface area contributed by atoms with Gasteiger partial charge in [-0.2, -0.15) is 4.98 Å². The molecule has 0 bridgehead atoms. The minimum atomic E-state index is -0.856. The largest absolute Gasteiger partial charge is 0.390 e. The Labute approximate surface area is 192 Å². The van der Waals surface area contributed by atoms with E-state index in [0.717, 1.165) is 42.9 Å². The maximum atomic E-state index is 12.7. The number of benzene rings is 1. The smallest absolute Gasteiger partial charge is 0.328 e. The van der Waals surface area contributed by atoms with Crippen molar-refractivity contribution in [1.82, 2.24) is 24.0 Å². The monoisotopic (exact) mass is 459 g/mol. The summed E-state index contributed by atoms with van der Waals surface area (Å²) in [6.07, 6.45) is 2.08. The molecule has 0 saturated carbocycles. The van der Waals surface area contributed by atoms with Crippen LogP contribution in [0.1, 0.15) is 20.3 Å². The molecule has 0 atom stereocenters. The van der Waals surface area contributed by atoms with Crippen molar-refractivity contribution in [3.8, 4) is 0 Å². The number of imidazole rings is 1. The number of hydrogen-bond donors (Lipinski definition) is 2. The number of anilines is 3. The zero-order valence-electron chi connectivity index (χ0n) is 19.0. The van der Waals surface area contributed by atoms with Crippen molar-refractivity contribution in [2.75, 3.05) is 43.4 Å². The first-order chi connectivity index (χ1) is 15.1. The van der Waals surface area contributed by atoms with Gasteiger partial charge >= 0.3 is 5.69 Å². The highest BCUT2D eigenvalue weighted by molar-refractivity contribution is 6.32. The summed E-state index contributed by atoms with van der Waals surface area (Å²) in [5.41, 5.74) is 1.41. The van der Waals surface area contributed by atoms with Gasteiger partial charge in [0.15, 0.2) is 5.82 Å². The first kappa shape index (κ1) is 22.6. The molecule has 4 rings (SSSR count). The van der Waals surface area contributed by atoms with Gasteiger partial charge in [0.25, 0.3) is 0 Å². The van der Waals surface area contributed by atoms with E-state index in [4.69, 9.17) is 11.6 Å². The lowest BCUT2D eigenvalue weighted by Crippen LogP contribution is -2.45. The molecular formula is C22H30ClN7O2. The Hall–Kier alpha value is -2.62. The molecule has 1 saturated heterocycles. The summed E-state index contributed by atoms with van der Waals surface area (Å²) >= 11 is 6.39. The molecule has 2 aromatic heterocycles. The predicted molar refractivity (Wildman–Crippen MR) is 128 cm³/mol. The fraction of sp³-hybridized carbons (Fsp3) is 0.500. The zero-order valence-corrected chi connectivity index (χ0v) is 19.7. The standard InChI is InChI=1S/C22H30ClN7O2/c1-22(2,32)7-8-30-18-13-15(5-6-17(18)28(4)21(30)31)25-19-16(23)14-24-20(26-19)29-11-9-27(3)10-12-29/h5-6,13-14,32H,7-12H2,1-4H3,(H,24,25,26). The molecule has 1 aliphatic rings. The van der Waals surface area contributed by atoms with Crippen LogP contribution in [0.2, 0.25) is 5.02 Å². The highest BCUT2D eigenvalue weighted by Crippen LogP contribution is 2.27. The van der Waals surface area contributed by atoms with Crippen molar-refractivity contribution in [3.63, 3.8) is 0 Å². The molecule has 32 heavy (non-hydrogen) atoms. The maximum Gasteiger partial charge on any atom is 0.328 e. The molecule has 9 nitrogen and oxygen atoms in total. The van der Waals surface area contributed by atoms with Crippen LogP contribution in [0, 0.1) is 0 Å². The summed E-state index contributed by atoms with van der Waals surface area (Å²) in [5.74, 6) is 1.17. The van der Waals surface area contributed by atoms with Gasteiger partial charge in [-0.25, -0.2) is 9.78 Å². The summed E-state index contributed by atoms with van der Waals surface area (Å²) in [6, 6.07) is 5.71. The third-order valence-corrected chi connectivity index (χ3v) is 6.15. The third-order valence-electron chi connectivity index (χ3n) is 5.87. The third kappa shape index (κ3) is 4.74. The lowest BCUT2D eigenvalue weighted by Gasteiger charge is -2.32. The van der Waals surface area contributed by atoms with Crippen LogP contribution in [-0.2, 0) is 13.6 Å². The molecule has 2 N–H and O–H groups in total. The predicted octanol–water partition coefficient (Wildman–Crippen LogP) is 2.44. The minimum absolute atomic E-state index is 0.112. The number of nitrogens with zero attached hydrogens (tertiary/aromatic N) is 6. The first-order valence-corrected chi connectivity index (χ1v) is 11.1. The number of rotatable bonds is 6. The highest BCUT2D eigenvalue weighted by atomic mass is 35.5. The van der Waals surface area contributed by atoms with E-state index in [0.29, 0.717) is 29.8 Å². The van der Waals surface area contributed by atoms with E-state index in [1.165, 1.54) is 0 Å². The lowest BCUT2D eigenvalue weighted by molar-refractivity contribution is 0.0662. The Morgan fingerprint density at radius 1 is 1.16 bits per heavy atom. The quantitative estimate of drug-likeness (QED) is 0.585. The summed E-state index contributed by atoms with van der Waals surface area (Å²) < 4.78 is 3.31. The van der Waals surface area contributed by atoms with Crippen LogP contribution in [0.5, 0.6) is 0 Å². The molecule has 0 amide bonds. The van der Waals surface area contributed by atoms with E-state index < -0.39 is 5.60 Å². The average molecular weight is 460 g/mol. The lowest BCUT2D eigenvalue weighted by atomic mass is 10.1. The van der Waals surface area contributed by atoms with Gasteiger partial charge in [0.2, 0.25) is 5.95 Å². The van der Waals surface area contributed by atoms with E-state index >= 15 is 0 Å². The highest BCUT2D eigenvalue weighted by Gasteiger charge is 2.19. The number of aromatic nitrogens is 4. The van der Waals surface area contributed by atoms with Crippen molar-refractivity contribution >= 4 is 40.1 Å². The second-order valence-electron chi connectivity index (χ2n) is 9.04. The van der Waals surface area contributed by atoms with Crippen molar-refractivity contribution in [2.24, 2.45) is 7.05 Å². The van der Waals surface area contributed by atoms with Gasteiger partial charge in [-0.15, -0.1) is 0 Å². The van der Waals surface area contributed by atoms with Gasteiger partial charge in [-0.1, -0.05) is 11.6 Å². The van der Waals surface area contributed by atoms with Crippen molar-refractivity contribution in [1.29, 1.82) is 0 Å². The molecule has 0 spiro atoms. The van der Waals surface area contributed by atoms with Gasteiger partial charge in [0.1, 0.15) is 5.02 Å². The Bertz CT molecular complexity index is 1170. The Balaban J connectivity index is 1.63. The minimum Gasteiger partial charge on any atom is -0.390 e. The second-order valence-corrected chi connectivity index (χ2v) is 9.45. The SMILES string of the molecule is CN1CCN(c2ncc(Cl)c(Nc3ccc4c(c3)n(CCC(C)(C)O)c(=O)n4C)n2)CC1. The van der Waals surface area contributed by atoms with Crippen LogP contribution in [0.3, 0.4) is 0 Å². The van der Waals surface area contributed by atoms with Gasteiger partial charge in [-0.3, -0.25) is 9.13 Å². The van der Waals surface area contributed by atoms with Gasteiger partial charge in [0, 0.05) is 45.5 Å². The number of hydrogen-bond acceptors (Lipinski definition) is 7. The number of piperazine rings is 1. The molecule has 3 heterocycles. The molecule has 1 aromatic carbocycles. The molecule has 0 aliphatic carbocycles. The Kier molecular flexibility index (Phi) is 6.15. The number of halogens is 1. The van der Waals surface area contributed by atoms with Crippen LogP contribution < -0.4 is 15.9 Å². The Morgan fingerprint density at radius 3 is 2.56 bits per heavy atom. The number of likely N-dealkylation sites (N-methyl/N-ethyl adjacent to an activating group) is 1. The molecule has 10 heteroatoms. The molecule has 3 aromatic rings. The summed E-state index contributed by atoms with van der Waals surface area (Å²) in [7, 11) is 3.86. The summed E-state index contributed by atoms with van der Waals surface area (Å²) in [5, 5.41) is 13.8. The van der Waals surface area contributed by atoms with Crippen molar-refractivity contribution in [3.05, 3.63) is 39.9 Å². The summed E-state index contributed by atoms with van der Waals surface area (Å²) in [6.45, 7) is 7.55. The Morgan fingerprint density at radius 2 is 1.88 bits per heavy atom. The second kappa shape index (κ2) is 8.73. The van der Waals surface area contributed by atoms with E-state index in [9.17, 15) is 9.90 Å². The van der Waals surface area contributed by atoms with Gasteiger partial charge in [0.05, 0.1) is 22.8 Å². The van der Waals surface area contributed by atoms with E-state index in [1.54, 1.807) is 36.2 Å². The van der Waals surface area contributed by atoms with Gasteiger partial charge in [-0.05, 0) is 45.5 Å². The van der Waals surface area contributed by atoms with E-state index in [-0.39, 0.29) is 5.69 Å². The van der Waals surface area contributed by atoms with E-state index in [2.05, 4.69) is 32.1 Å². The zero-order chi connectivity index (χ0) is 23.0. The molecule has 172 valence electrons. The first-order valence-electron chi connectivity index (χ1n) is 10.8. The molecule has 0 unspecified atom stereocenters. The maximum absolute atomic E-state index is 12.7. The summed E-state index contributed by atoms with van der Waals surface area (Å²) in [4.78, 5) is 26.2. The van der Waals surface area contributed by atoms with E-state index in [1.807, 2.05) is 18.2 Å². The normalized spacial score (nSPS) is 15.5. The number of aryl methyl sites for hydroxylation is 2. The van der Waals surface area contributed by atoms with Gasteiger partial charge < -0.3 is 20.2 Å². The van der Waals surface area contributed by atoms with Crippen LogP contribution in [0.25, 0.3) is 11.0 Å². The molecule has 1 fully saturated rings. The van der Waals surface area contributed by atoms with Crippen LogP contribution in [-0.4, -0.2) is 67.9 Å². The topological polar surface area (TPSA) is 91.5 Å². The number of aliphatic hydroxyl groups is 1. The average Bonchev–Trinajstić information content (AvgIpc) is 2.98. The van der Waals surface area contributed by atoms with Crippen molar-refractivity contribution in [2.45, 2.75) is 32.4 Å². The number of nitrogens with one attached hydrogen (secondary N) is 1. The van der Waals surface area contributed by atoms with Crippen LogP contribution in [0.4, 0.5) is 17.5 Å². The van der Waals surface area contributed by atoms with Crippen molar-refractivity contribution < 1.29 is 5.11 Å². The molecular weight excluding hydrogens is 430 g/mol. The molecule has 0 radical (unpaired) electrons. The molecule has 1 aliphatic heterocycles.